The molecule has 148 valence electrons. The third-order valence-electron chi connectivity index (χ3n) is 5.49. The van der Waals surface area contributed by atoms with E-state index in [4.69, 9.17) is 5.73 Å². The number of amides is 1. The molecule has 9 heteroatoms. The minimum absolute atomic E-state index is 0.0589. The number of carboxylic acids is 1. The van der Waals surface area contributed by atoms with Gasteiger partial charge < -0.3 is 25.2 Å². The smallest absolute Gasteiger partial charge is 0.353 e. The fourth-order valence-electron chi connectivity index (χ4n) is 4.19. The molecule has 0 aliphatic carbocycles. The largest absolute Gasteiger partial charge is 0.477 e. The average Bonchev–Trinajstić information content (AvgIpc) is 3.14. The van der Waals surface area contributed by atoms with E-state index in [-0.39, 0.29) is 23.6 Å². The zero-order valence-electron chi connectivity index (χ0n) is 15.6. The van der Waals surface area contributed by atoms with Gasteiger partial charge in [0.15, 0.2) is 5.65 Å². The first kappa shape index (κ1) is 18.8. The summed E-state index contributed by atoms with van der Waals surface area (Å²) in [5.41, 5.74) is 8.18. The molecule has 1 fully saturated rings. The number of imidazole rings is 1. The van der Waals surface area contributed by atoms with Crippen molar-refractivity contribution in [2.24, 2.45) is 11.8 Å². The van der Waals surface area contributed by atoms with Crippen LogP contribution in [-0.4, -0.2) is 54.3 Å². The number of aliphatic hydroxyl groups excluding tert-OH is 1. The van der Waals surface area contributed by atoms with E-state index in [1.165, 1.54) is 16.7 Å². The van der Waals surface area contributed by atoms with Gasteiger partial charge in [0, 0.05) is 35.4 Å². The number of carbonyl (C=O) groups is 2. The van der Waals surface area contributed by atoms with Crippen LogP contribution in [-0.2, 0) is 16.0 Å². The van der Waals surface area contributed by atoms with Gasteiger partial charge in [-0.3, -0.25) is 4.79 Å². The maximum atomic E-state index is 12.4. The first-order chi connectivity index (χ1) is 13.3. The van der Waals surface area contributed by atoms with Crippen LogP contribution in [0.5, 0.6) is 0 Å². The molecule has 2 aromatic heterocycles. The summed E-state index contributed by atoms with van der Waals surface area (Å²) < 4.78 is 1.87. The van der Waals surface area contributed by atoms with Crippen molar-refractivity contribution in [2.45, 2.75) is 32.4 Å². The molecule has 3 unspecified atom stereocenters. The number of aliphatic carboxylic acids is 1. The minimum Gasteiger partial charge on any atom is -0.477 e. The van der Waals surface area contributed by atoms with Gasteiger partial charge in [0.25, 0.3) is 0 Å². The number of fused-ring (bicyclic) bond motifs is 2. The first-order valence-electron chi connectivity index (χ1n) is 9.14. The highest BCUT2D eigenvalue weighted by Crippen LogP contribution is 2.50. The predicted octanol–water partition coefficient (Wildman–Crippen LogP) is 1.35. The summed E-state index contributed by atoms with van der Waals surface area (Å²) in [5.74, 6) is -1.44. The fraction of sp³-hybridized carbons (Fsp3) is 0.421. The molecule has 4 atom stereocenters. The van der Waals surface area contributed by atoms with Gasteiger partial charge >= 0.3 is 5.97 Å². The SMILES string of the molecule is CC(O)C1C(=O)N2C(C(=O)O)=C(SCCc3cn4cccc(N)c4n3)[C@H](C)C12. The van der Waals surface area contributed by atoms with Crippen LogP contribution in [0, 0.1) is 11.8 Å². The number of nitrogens with two attached hydrogens (primary N) is 1. The molecule has 0 saturated carbocycles. The average molecular weight is 402 g/mol. The lowest BCUT2D eigenvalue weighted by atomic mass is 9.79. The van der Waals surface area contributed by atoms with Crippen molar-refractivity contribution in [3.8, 4) is 0 Å². The second-order valence-electron chi connectivity index (χ2n) is 7.30. The van der Waals surface area contributed by atoms with E-state index < -0.39 is 18.0 Å². The van der Waals surface area contributed by atoms with Gasteiger partial charge in [-0.05, 0) is 19.1 Å². The highest BCUT2D eigenvalue weighted by molar-refractivity contribution is 8.03. The summed E-state index contributed by atoms with van der Waals surface area (Å²) in [5, 5.41) is 19.5. The molecule has 8 nitrogen and oxygen atoms in total. The summed E-state index contributed by atoms with van der Waals surface area (Å²) in [6, 6.07) is 3.37. The van der Waals surface area contributed by atoms with Crippen LogP contribution in [0.2, 0.25) is 0 Å². The standard InChI is InChI=1S/C19H22N4O4S/c1-9-14-13(10(2)24)18(25)23(14)15(19(26)27)16(9)28-7-5-11-8-22-6-3-4-12(20)17(22)21-11/h3-4,6,8-10,13-14,24H,5,7,20H2,1-2H3,(H,26,27)/t9-,10?,13?,14?/m1/s1. The number of aliphatic hydroxyl groups is 1. The zero-order valence-corrected chi connectivity index (χ0v) is 16.4. The van der Waals surface area contributed by atoms with Gasteiger partial charge in [-0.25, -0.2) is 9.78 Å². The molecule has 4 heterocycles. The summed E-state index contributed by atoms with van der Waals surface area (Å²) in [7, 11) is 0. The number of carbonyl (C=O) groups excluding carboxylic acids is 1. The van der Waals surface area contributed by atoms with Crippen molar-refractivity contribution in [2.75, 3.05) is 11.5 Å². The number of thioether (sulfide) groups is 1. The summed E-state index contributed by atoms with van der Waals surface area (Å²) in [4.78, 5) is 30.7. The molecule has 1 saturated heterocycles. The lowest BCUT2D eigenvalue weighted by Gasteiger charge is -2.46. The Hall–Kier alpha value is -2.52. The number of aromatic nitrogens is 2. The Labute approximate surface area is 166 Å². The number of nitrogen functional groups attached to an aromatic ring is 1. The number of anilines is 1. The van der Waals surface area contributed by atoms with Crippen molar-refractivity contribution in [3.05, 3.63) is 40.8 Å². The maximum absolute atomic E-state index is 12.4. The normalized spacial score (nSPS) is 25.2. The van der Waals surface area contributed by atoms with E-state index in [1.54, 1.807) is 13.0 Å². The Kier molecular flexibility index (Phi) is 4.59. The summed E-state index contributed by atoms with van der Waals surface area (Å²) in [6.07, 6.45) is 3.65. The Morgan fingerprint density at radius 1 is 1.46 bits per heavy atom. The number of rotatable bonds is 6. The number of carboxylic acid groups (broad SMARTS) is 1. The van der Waals surface area contributed by atoms with Crippen LogP contribution in [0.1, 0.15) is 19.5 Å². The fourth-order valence-corrected chi connectivity index (χ4v) is 5.44. The molecule has 4 rings (SSSR count). The maximum Gasteiger partial charge on any atom is 0.353 e. The van der Waals surface area contributed by atoms with E-state index in [1.807, 2.05) is 29.8 Å². The number of β-lactam (4-membered cyclic amide) rings is 1. The number of pyridine rings is 1. The Morgan fingerprint density at radius 2 is 2.21 bits per heavy atom. The Bertz CT molecular complexity index is 999. The molecule has 0 radical (unpaired) electrons. The van der Waals surface area contributed by atoms with Gasteiger partial charge in [0.1, 0.15) is 5.70 Å². The highest BCUT2D eigenvalue weighted by Gasteiger charge is 2.59. The second kappa shape index (κ2) is 6.82. The topological polar surface area (TPSA) is 121 Å². The third kappa shape index (κ3) is 2.77. The molecule has 28 heavy (non-hydrogen) atoms. The zero-order chi connectivity index (χ0) is 20.2. The van der Waals surface area contributed by atoms with E-state index in [0.29, 0.717) is 28.4 Å². The Morgan fingerprint density at radius 3 is 2.86 bits per heavy atom. The first-order valence-corrected chi connectivity index (χ1v) is 10.1. The molecule has 0 spiro atoms. The molecule has 4 N–H and O–H groups in total. The summed E-state index contributed by atoms with van der Waals surface area (Å²) in [6.45, 7) is 3.50. The molecule has 2 aliphatic rings. The van der Waals surface area contributed by atoms with Crippen molar-refractivity contribution in [1.82, 2.24) is 14.3 Å². The van der Waals surface area contributed by atoms with E-state index in [9.17, 15) is 19.8 Å². The van der Waals surface area contributed by atoms with E-state index >= 15 is 0 Å². The van der Waals surface area contributed by atoms with Crippen LogP contribution in [0.15, 0.2) is 35.1 Å². The number of nitrogens with zero attached hydrogens (tertiary/aromatic N) is 3. The lowest BCUT2D eigenvalue weighted by Crippen LogP contribution is -2.63. The van der Waals surface area contributed by atoms with Crippen LogP contribution >= 0.6 is 11.8 Å². The molecule has 2 aliphatic heterocycles. The predicted molar refractivity (Wildman–Crippen MR) is 105 cm³/mol. The van der Waals surface area contributed by atoms with Gasteiger partial charge in [-0.2, -0.15) is 0 Å². The molecule has 2 aromatic rings. The Balaban J connectivity index is 1.51. The molecular formula is C19H22N4O4S. The lowest BCUT2D eigenvalue weighted by molar-refractivity contribution is -0.163. The third-order valence-corrected chi connectivity index (χ3v) is 6.77. The van der Waals surface area contributed by atoms with Crippen LogP contribution in [0.3, 0.4) is 0 Å². The van der Waals surface area contributed by atoms with Crippen molar-refractivity contribution in [3.63, 3.8) is 0 Å². The van der Waals surface area contributed by atoms with Gasteiger partial charge in [-0.15, -0.1) is 11.8 Å². The monoisotopic (exact) mass is 402 g/mol. The second-order valence-corrected chi connectivity index (χ2v) is 8.43. The van der Waals surface area contributed by atoms with Gasteiger partial charge in [-0.1, -0.05) is 6.92 Å². The highest BCUT2D eigenvalue weighted by atomic mass is 32.2. The van der Waals surface area contributed by atoms with Gasteiger partial charge in [0.05, 0.1) is 29.4 Å². The summed E-state index contributed by atoms with van der Waals surface area (Å²) >= 11 is 1.44. The molecule has 1 amide bonds. The minimum atomic E-state index is -1.10. The van der Waals surface area contributed by atoms with Crippen LogP contribution in [0.4, 0.5) is 5.69 Å². The number of aryl methyl sites for hydroxylation is 1. The van der Waals surface area contributed by atoms with Crippen molar-refractivity contribution >= 4 is 35.0 Å². The number of hydrogen-bond acceptors (Lipinski definition) is 6. The van der Waals surface area contributed by atoms with Crippen LogP contribution < -0.4 is 5.73 Å². The van der Waals surface area contributed by atoms with Crippen LogP contribution in [0.25, 0.3) is 5.65 Å². The molecule has 0 bridgehead atoms. The van der Waals surface area contributed by atoms with E-state index in [0.717, 1.165) is 5.69 Å². The quantitative estimate of drug-likeness (QED) is 0.624. The molecule has 0 aromatic carbocycles. The molecular weight excluding hydrogens is 380 g/mol. The number of hydrogen-bond donors (Lipinski definition) is 3. The van der Waals surface area contributed by atoms with E-state index in [2.05, 4.69) is 4.98 Å². The van der Waals surface area contributed by atoms with Crippen molar-refractivity contribution < 1.29 is 19.8 Å². The van der Waals surface area contributed by atoms with Crippen molar-refractivity contribution in [1.29, 1.82) is 0 Å². The van der Waals surface area contributed by atoms with Gasteiger partial charge in [0.2, 0.25) is 5.91 Å².